The van der Waals surface area contributed by atoms with Crippen LogP contribution in [0.1, 0.15) is 39.2 Å². The molecule has 164 valence electrons. The Morgan fingerprint density at radius 2 is 1.77 bits per heavy atom. The van der Waals surface area contributed by atoms with Gasteiger partial charge < -0.3 is 14.2 Å². The number of esters is 3. The minimum Gasteiger partial charge on any atom is -0.459 e. The van der Waals surface area contributed by atoms with Crippen LogP contribution in [-0.2, 0) is 33.4 Å². The minimum absolute atomic E-state index is 0.160. The average molecular weight is 427 g/mol. The molecule has 1 aromatic heterocycles. The Morgan fingerprint density at radius 1 is 1.03 bits per heavy atom. The van der Waals surface area contributed by atoms with E-state index < -0.39 is 42.0 Å². The number of cyclic esters (lactones) is 3. The van der Waals surface area contributed by atoms with Crippen LogP contribution < -0.4 is 0 Å². The average Bonchev–Trinajstić information content (AvgIpc) is 2.71. The smallest absolute Gasteiger partial charge is 0.331 e. The highest BCUT2D eigenvalue weighted by Crippen LogP contribution is 2.17. The number of ether oxygens (including phenoxy) is 3. The number of rotatable bonds is 2. The number of aromatic nitrogens is 1. The summed E-state index contributed by atoms with van der Waals surface area (Å²) in [6, 6.07) is 3.64. The zero-order valence-corrected chi connectivity index (χ0v) is 17.6. The van der Waals surface area contributed by atoms with Crippen LogP contribution in [0.25, 0.3) is 6.08 Å². The zero-order chi connectivity index (χ0) is 22.8. The summed E-state index contributed by atoms with van der Waals surface area (Å²) in [6.07, 6.45) is 7.32. The Labute approximate surface area is 180 Å². The van der Waals surface area contributed by atoms with Crippen molar-refractivity contribution in [1.29, 1.82) is 0 Å². The second kappa shape index (κ2) is 11.6. The number of nitrogens with zero attached hydrogens (tertiary/aromatic N) is 1. The first kappa shape index (κ1) is 23.7. The Morgan fingerprint density at radius 3 is 2.48 bits per heavy atom. The molecule has 0 saturated heterocycles. The van der Waals surface area contributed by atoms with Gasteiger partial charge in [0.1, 0.15) is 12.2 Å². The first-order valence-corrected chi connectivity index (χ1v) is 9.82. The molecule has 0 aromatic carbocycles. The summed E-state index contributed by atoms with van der Waals surface area (Å²) in [6.45, 7) is 4.75. The molecular formula is C23H25NO7. The molecule has 0 N–H and O–H groups in total. The molecule has 0 radical (unpaired) electrons. The van der Waals surface area contributed by atoms with Crippen molar-refractivity contribution < 1.29 is 33.4 Å². The van der Waals surface area contributed by atoms with E-state index in [1.807, 2.05) is 12.1 Å². The molecule has 1 aliphatic heterocycles. The monoisotopic (exact) mass is 427 g/mol. The Balaban J connectivity index is 2.24. The molecule has 0 amide bonds. The van der Waals surface area contributed by atoms with E-state index in [-0.39, 0.29) is 12.8 Å². The van der Waals surface area contributed by atoms with E-state index in [4.69, 9.17) is 14.2 Å². The van der Waals surface area contributed by atoms with Crippen molar-refractivity contribution in [2.75, 3.05) is 0 Å². The second-order valence-electron chi connectivity index (χ2n) is 7.06. The van der Waals surface area contributed by atoms with Crippen molar-refractivity contribution in [3.05, 3.63) is 60.0 Å². The second-order valence-corrected chi connectivity index (χ2v) is 7.06. The topological polar surface area (TPSA) is 109 Å². The van der Waals surface area contributed by atoms with Crippen LogP contribution in [0.3, 0.4) is 0 Å². The van der Waals surface area contributed by atoms with Crippen molar-refractivity contribution in [3.8, 4) is 0 Å². The maximum absolute atomic E-state index is 12.4. The van der Waals surface area contributed by atoms with E-state index in [0.717, 1.165) is 23.3 Å². The molecule has 1 aromatic rings. The van der Waals surface area contributed by atoms with Crippen LogP contribution in [0.2, 0.25) is 0 Å². The van der Waals surface area contributed by atoms with Crippen LogP contribution in [0.4, 0.5) is 0 Å². The number of ketones is 1. The van der Waals surface area contributed by atoms with Crippen molar-refractivity contribution >= 4 is 29.8 Å². The van der Waals surface area contributed by atoms with Gasteiger partial charge in [-0.15, -0.1) is 0 Å². The first-order valence-electron chi connectivity index (χ1n) is 9.82. The van der Waals surface area contributed by atoms with E-state index in [1.165, 1.54) is 19.1 Å². The van der Waals surface area contributed by atoms with Gasteiger partial charge in [0.05, 0.1) is 6.42 Å². The van der Waals surface area contributed by atoms with Gasteiger partial charge in [0.15, 0.2) is 11.9 Å². The first-order chi connectivity index (χ1) is 14.7. The summed E-state index contributed by atoms with van der Waals surface area (Å²) in [7, 11) is 0. The van der Waals surface area contributed by atoms with Crippen LogP contribution >= 0.6 is 0 Å². The largest absolute Gasteiger partial charge is 0.459 e. The number of hydrogen-bond acceptors (Lipinski definition) is 8. The fraction of sp³-hybridized carbons (Fsp3) is 0.348. The summed E-state index contributed by atoms with van der Waals surface area (Å²) < 4.78 is 15.7. The van der Waals surface area contributed by atoms with Gasteiger partial charge in [0, 0.05) is 31.0 Å². The Hall–Kier alpha value is -3.55. The summed E-state index contributed by atoms with van der Waals surface area (Å²) in [4.78, 5) is 52.2. The molecule has 1 aliphatic rings. The lowest BCUT2D eigenvalue weighted by atomic mass is 10.1. The van der Waals surface area contributed by atoms with E-state index in [2.05, 4.69) is 4.98 Å². The summed E-state index contributed by atoms with van der Waals surface area (Å²) in [5, 5.41) is 0. The molecule has 0 aliphatic carbocycles. The third-order valence-electron chi connectivity index (χ3n) is 4.31. The lowest BCUT2D eigenvalue weighted by molar-refractivity contribution is -0.153. The zero-order valence-electron chi connectivity index (χ0n) is 17.6. The Bertz CT molecular complexity index is 902. The van der Waals surface area contributed by atoms with Crippen molar-refractivity contribution in [2.24, 2.45) is 0 Å². The molecule has 0 unspecified atom stereocenters. The van der Waals surface area contributed by atoms with Gasteiger partial charge in [-0.05, 0) is 44.1 Å². The van der Waals surface area contributed by atoms with Gasteiger partial charge in [0.25, 0.3) is 0 Å². The highest BCUT2D eigenvalue weighted by molar-refractivity contribution is 5.99. The van der Waals surface area contributed by atoms with Crippen molar-refractivity contribution in [3.63, 3.8) is 0 Å². The normalized spacial score (nSPS) is 26.4. The van der Waals surface area contributed by atoms with E-state index in [1.54, 1.807) is 32.3 Å². The number of carbonyl (C=O) groups excluding carboxylic acids is 4. The summed E-state index contributed by atoms with van der Waals surface area (Å²) >= 11 is 0. The van der Waals surface area contributed by atoms with Crippen LogP contribution in [0, 0.1) is 0 Å². The van der Waals surface area contributed by atoms with Crippen LogP contribution in [-0.4, -0.2) is 47.0 Å². The molecule has 0 saturated carbocycles. The summed E-state index contributed by atoms with van der Waals surface area (Å²) in [5.74, 6) is -2.65. The lowest BCUT2D eigenvalue weighted by Crippen LogP contribution is -2.25. The van der Waals surface area contributed by atoms with Crippen molar-refractivity contribution in [2.45, 2.75) is 51.9 Å². The van der Waals surface area contributed by atoms with Gasteiger partial charge in [-0.25, -0.2) is 9.59 Å². The fourth-order valence-corrected chi connectivity index (χ4v) is 2.71. The number of pyridine rings is 1. The van der Waals surface area contributed by atoms with Gasteiger partial charge in [-0.1, -0.05) is 18.2 Å². The van der Waals surface area contributed by atoms with Gasteiger partial charge in [-0.3, -0.25) is 14.6 Å². The van der Waals surface area contributed by atoms with E-state index in [0.29, 0.717) is 0 Å². The van der Waals surface area contributed by atoms with E-state index in [9.17, 15) is 19.2 Å². The molecule has 0 fully saturated rings. The lowest BCUT2D eigenvalue weighted by Gasteiger charge is -2.19. The highest BCUT2D eigenvalue weighted by Gasteiger charge is 2.21. The molecule has 0 bridgehead atoms. The quantitative estimate of drug-likeness (QED) is 0.524. The maximum Gasteiger partial charge on any atom is 0.331 e. The fourth-order valence-electron chi connectivity index (χ4n) is 2.71. The predicted octanol–water partition coefficient (Wildman–Crippen LogP) is 2.74. The van der Waals surface area contributed by atoms with E-state index >= 15 is 0 Å². The molecular weight excluding hydrogens is 402 g/mol. The predicted molar refractivity (Wildman–Crippen MR) is 111 cm³/mol. The third-order valence-corrected chi connectivity index (χ3v) is 4.31. The molecule has 2 rings (SSSR count). The molecule has 3 atom stereocenters. The highest BCUT2D eigenvalue weighted by atomic mass is 16.6. The van der Waals surface area contributed by atoms with Gasteiger partial charge in [-0.2, -0.15) is 0 Å². The number of hydrogen-bond donors (Lipinski definition) is 0. The minimum atomic E-state index is -1.06. The molecule has 8 heteroatoms. The van der Waals surface area contributed by atoms with Crippen molar-refractivity contribution in [1.82, 2.24) is 4.98 Å². The van der Waals surface area contributed by atoms with Crippen LogP contribution in [0.5, 0.6) is 0 Å². The van der Waals surface area contributed by atoms with Crippen LogP contribution in [0.15, 0.2) is 54.4 Å². The molecule has 0 spiro atoms. The maximum atomic E-state index is 12.4. The van der Waals surface area contributed by atoms with Gasteiger partial charge in [0.2, 0.25) is 0 Å². The summed E-state index contributed by atoms with van der Waals surface area (Å²) in [5.41, 5.74) is 1.56. The standard InChI is InChI=1S/C23H25NO7/c1-15(12-18-6-5-11-24-14-18)20-7-4-8-21(26)30-17(3)19(25)9-10-22(27)29-16(2)13-23(28)31-20/h4-6,8-12,14,16-17,20H,7,13H2,1-3H3/b8-4+,10-9+,15-12+/t16-,17-,20+/m0/s1. The Kier molecular flexibility index (Phi) is 8.87. The SMILES string of the molecule is C/C(=C\c1cccnc1)[C@H]1C/C=C/C(=O)O[C@@H](C)C(=O)/C=C/C(=O)O[C@@H](C)CC(=O)O1. The molecule has 2 heterocycles. The van der Waals surface area contributed by atoms with Gasteiger partial charge >= 0.3 is 17.9 Å². The molecule has 8 nitrogen and oxygen atoms in total. The third kappa shape index (κ3) is 8.38. The molecule has 31 heavy (non-hydrogen) atoms. The number of carbonyl (C=O) groups is 4.